The zero-order valence-corrected chi connectivity index (χ0v) is 12.5. The fourth-order valence-electron chi connectivity index (χ4n) is 3.02. The summed E-state index contributed by atoms with van der Waals surface area (Å²) in [6.07, 6.45) is 7.24. The van der Waals surface area contributed by atoms with Crippen LogP contribution < -0.4 is 4.90 Å². The van der Waals surface area contributed by atoms with E-state index in [0.29, 0.717) is 16.6 Å². The topological polar surface area (TPSA) is 20.3 Å². The molecule has 1 aromatic rings. The molecule has 0 radical (unpaired) electrons. The van der Waals surface area contributed by atoms with Gasteiger partial charge in [0.05, 0.1) is 10.7 Å². The second-order valence-electron chi connectivity index (χ2n) is 5.52. The molecule has 1 aliphatic rings. The summed E-state index contributed by atoms with van der Waals surface area (Å²) in [6, 6.07) is 6.11. The van der Waals surface area contributed by atoms with Gasteiger partial charge >= 0.3 is 0 Å². The Hall–Kier alpha value is -1.02. The van der Waals surface area contributed by atoms with E-state index in [1.54, 1.807) is 6.07 Å². The molecule has 0 saturated heterocycles. The lowest BCUT2D eigenvalue weighted by atomic mass is 9.84. The molecule has 1 fully saturated rings. The number of nitrogens with zero attached hydrogens (tertiary/aromatic N) is 1. The number of benzene rings is 1. The van der Waals surface area contributed by atoms with Crippen molar-refractivity contribution in [2.75, 3.05) is 11.9 Å². The van der Waals surface area contributed by atoms with Crippen LogP contribution in [0.5, 0.6) is 0 Å². The maximum Gasteiger partial charge on any atom is 0.150 e. The number of carbonyl (C=O) groups excluding carboxylic acids is 1. The van der Waals surface area contributed by atoms with Crippen LogP contribution in [0, 0.1) is 5.92 Å². The lowest BCUT2D eigenvalue weighted by Gasteiger charge is -2.36. The number of hydrogen-bond donors (Lipinski definition) is 0. The van der Waals surface area contributed by atoms with Gasteiger partial charge in [-0.05, 0) is 49.8 Å². The van der Waals surface area contributed by atoms with Crippen molar-refractivity contribution in [2.24, 2.45) is 5.92 Å². The number of halogens is 1. The molecular weight excluding hydrogens is 258 g/mol. The molecule has 0 aromatic heterocycles. The maximum absolute atomic E-state index is 10.7. The summed E-state index contributed by atoms with van der Waals surface area (Å²) in [5.74, 6) is 0.901. The number of hydrogen-bond acceptors (Lipinski definition) is 2. The Morgan fingerprint density at radius 3 is 2.53 bits per heavy atom. The molecule has 0 bridgehead atoms. The fraction of sp³-hybridized carbons (Fsp3) is 0.562. The number of carbonyl (C=O) groups is 1. The van der Waals surface area contributed by atoms with E-state index in [9.17, 15) is 4.79 Å². The van der Waals surface area contributed by atoms with Crippen molar-refractivity contribution in [1.82, 2.24) is 0 Å². The van der Waals surface area contributed by atoms with Crippen LogP contribution in [0.1, 0.15) is 49.4 Å². The molecule has 1 saturated carbocycles. The third-order valence-corrected chi connectivity index (χ3v) is 4.73. The van der Waals surface area contributed by atoms with Crippen molar-refractivity contribution < 1.29 is 4.79 Å². The van der Waals surface area contributed by atoms with Crippen molar-refractivity contribution in [1.29, 1.82) is 0 Å². The number of anilines is 1. The average molecular weight is 280 g/mol. The van der Waals surface area contributed by atoms with Gasteiger partial charge in [0.25, 0.3) is 0 Å². The highest BCUT2D eigenvalue weighted by Gasteiger charge is 2.24. The second-order valence-corrected chi connectivity index (χ2v) is 5.93. The summed E-state index contributed by atoms with van der Waals surface area (Å²) in [7, 11) is 2.11. The van der Waals surface area contributed by atoms with E-state index in [1.807, 2.05) is 12.1 Å². The minimum atomic E-state index is 0.572. The zero-order chi connectivity index (χ0) is 13.8. The summed E-state index contributed by atoms with van der Waals surface area (Å²) < 4.78 is 0. The molecule has 0 aliphatic heterocycles. The Balaban J connectivity index is 2.07. The van der Waals surface area contributed by atoms with Gasteiger partial charge in [0.1, 0.15) is 6.29 Å². The molecule has 0 heterocycles. The van der Waals surface area contributed by atoms with E-state index in [2.05, 4.69) is 18.9 Å². The molecule has 19 heavy (non-hydrogen) atoms. The van der Waals surface area contributed by atoms with E-state index < -0.39 is 0 Å². The van der Waals surface area contributed by atoms with E-state index in [-0.39, 0.29) is 0 Å². The van der Waals surface area contributed by atoms with E-state index in [0.717, 1.165) is 17.9 Å². The monoisotopic (exact) mass is 279 g/mol. The van der Waals surface area contributed by atoms with Crippen molar-refractivity contribution in [2.45, 2.75) is 45.1 Å². The molecule has 0 unspecified atom stereocenters. The van der Waals surface area contributed by atoms with Gasteiger partial charge in [0.15, 0.2) is 0 Å². The fourth-order valence-corrected chi connectivity index (χ4v) is 3.34. The Bertz CT molecular complexity index is 438. The van der Waals surface area contributed by atoms with Crippen molar-refractivity contribution in [3.8, 4) is 0 Å². The molecule has 0 atom stereocenters. The first-order valence-corrected chi connectivity index (χ1v) is 7.51. The molecular formula is C16H22ClNO. The Morgan fingerprint density at radius 2 is 2.00 bits per heavy atom. The predicted octanol–water partition coefficient (Wildman–Crippen LogP) is 4.56. The molecule has 1 aromatic carbocycles. The molecule has 0 N–H and O–H groups in total. The van der Waals surface area contributed by atoms with Crippen molar-refractivity contribution in [3.63, 3.8) is 0 Å². The van der Waals surface area contributed by atoms with E-state index in [1.165, 1.54) is 32.1 Å². The van der Waals surface area contributed by atoms with Gasteiger partial charge in [-0.25, -0.2) is 0 Å². The summed E-state index contributed by atoms with van der Waals surface area (Å²) in [6.45, 7) is 2.28. The summed E-state index contributed by atoms with van der Waals surface area (Å²) in [5.41, 5.74) is 1.67. The zero-order valence-electron chi connectivity index (χ0n) is 11.7. The van der Waals surface area contributed by atoms with Crippen LogP contribution in [0.15, 0.2) is 18.2 Å². The normalized spacial score (nSPS) is 23.1. The van der Waals surface area contributed by atoms with Crippen LogP contribution in [0.4, 0.5) is 5.69 Å². The highest BCUT2D eigenvalue weighted by molar-refractivity contribution is 6.33. The van der Waals surface area contributed by atoms with Gasteiger partial charge < -0.3 is 4.90 Å². The summed E-state index contributed by atoms with van der Waals surface area (Å²) in [4.78, 5) is 13.0. The maximum atomic E-state index is 10.7. The van der Waals surface area contributed by atoms with Crippen LogP contribution in [0.3, 0.4) is 0 Å². The smallest absolute Gasteiger partial charge is 0.150 e. The largest absolute Gasteiger partial charge is 0.370 e. The van der Waals surface area contributed by atoms with Gasteiger partial charge in [0, 0.05) is 18.7 Å². The van der Waals surface area contributed by atoms with Crippen molar-refractivity contribution in [3.05, 3.63) is 28.8 Å². The second kappa shape index (κ2) is 6.42. The Labute approximate surface area is 120 Å². The van der Waals surface area contributed by atoms with Gasteiger partial charge in [-0.3, -0.25) is 4.79 Å². The lowest BCUT2D eigenvalue weighted by molar-refractivity contribution is 0.112. The molecule has 3 heteroatoms. The van der Waals surface area contributed by atoms with E-state index in [4.69, 9.17) is 11.6 Å². The Kier molecular flexibility index (Phi) is 4.87. The van der Waals surface area contributed by atoms with Gasteiger partial charge in [-0.15, -0.1) is 0 Å². The van der Waals surface area contributed by atoms with Gasteiger partial charge in [0.2, 0.25) is 0 Å². The molecule has 2 rings (SSSR count). The van der Waals surface area contributed by atoms with Crippen molar-refractivity contribution >= 4 is 23.6 Å². The highest BCUT2D eigenvalue weighted by Crippen LogP contribution is 2.34. The summed E-state index contributed by atoms with van der Waals surface area (Å²) >= 11 is 6.28. The van der Waals surface area contributed by atoms with Crippen LogP contribution in [-0.4, -0.2) is 19.4 Å². The predicted molar refractivity (Wildman–Crippen MR) is 81.3 cm³/mol. The highest BCUT2D eigenvalue weighted by atomic mass is 35.5. The van der Waals surface area contributed by atoms with Crippen LogP contribution in [-0.2, 0) is 0 Å². The van der Waals surface area contributed by atoms with E-state index >= 15 is 0 Å². The first kappa shape index (κ1) is 14.4. The molecule has 104 valence electrons. The van der Waals surface area contributed by atoms with Gasteiger partial charge in [-0.2, -0.15) is 0 Å². The number of aldehydes is 1. The lowest BCUT2D eigenvalue weighted by Crippen LogP contribution is -2.35. The third kappa shape index (κ3) is 3.30. The molecule has 0 spiro atoms. The Morgan fingerprint density at radius 1 is 1.32 bits per heavy atom. The quantitative estimate of drug-likeness (QED) is 0.753. The number of rotatable bonds is 4. The average Bonchev–Trinajstić information content (AvgIpc) is 2.46. The first-order valence-electron chi connectivity index (χ1n) is 7.13. The SMILES string of the molecule is CCC1CCC(N(C)c2ccc(C=O)cc2Cl)CC1. The van der Waals surface area contributed by atoms with Crippen LogP contribution in [0.25, 0.3) is 0 Å². The van der Waals surface area contributed by atoms with Crippen LogP contribution >= 0.6 is 11.6 Å². The van der Waals surface area contributed by atoms with Gasteiger partial charge in [-0.1, -0.05) is 24.9 Å². The molecule has 0 amide bonds. The molecule has 1 aliphatic carbocycles. The molecule has 2 nitrogen and oxygen atoms in total. The minimum absolute atomic E-state index is 0.572. The summed E-state index contributed by atoms with van der Waals surface area (Å²) in [5, 5.41) is 0.671. The standard InChI is InChI=1S/C16H22ClNO/c1-3-12-4-7-14(8-5-12)18(2)16-9-6-13(11-19)10-15(16)17/h6,9-12,14H,3-5,7-8H2,1-2H3. The minimum Gasteiger partial charge on any atom is -0.370 e. The third-order valence-electron chi connectivity index (χ3n) is 4.43. The van der Waals surface area contributed by atoms with Crippen LogP contribution in [0.2, 0.25) is 5.02 Å². The first-order chi connectivity index (χ1) is 9.15.